The first kappa shape index (κ1) is 22.5. The van der Waals surface area contributed by atoms with E-state index < -0.39 is 11.7 Å². The molecule has 0 spiro atoms. The second kappa shape index (κ2) is 11.8. The van der Waals surface area contributed by atoms with Crippen molar-refractivity contribution in [3.63, 3.8) is 0 Å². The summed E-state index contributed by atoms with van der Waals surface area (Å²) in [5, 5.41) is 10.9. The summed E-state index contributed by atoms with van der Waals surface area (Å²) in [4.78, 5) is 0. The highest BCUT2D eigenvalue weighted by Gasteiger charge is 2.30. The Hall–Kier alpha value is -0.820. The SMILES string of the molecule is CCNC(C)Cc1cccc(C(F)(F)F)c1.Cl.NCCO. The van der Waals surface area contributed by atoms with Gasteiger partial charge in [-0.05, 0) is 31.5 Å². The van der Waals surface area contributed by atoms with Crippen molar-refractivity contribution in [2.75, 3.05) is 19.7 Å². The van der Waals surface area contributed by atoms with Crippen LogP contribution in [0.15, 0.2) is 24.3 Å². The minimum atomic E-state index is -4.25. The first-order valence-electron chi connectivity index (χ1n) is 6.55. The van der Waals surface area contributed by atoms with Crippen molar-refractivity contribution in [1.29, 1.82) is 0 Å². The summed E-state index contributed by atoms with van der Waals surface area (Å²) in [6.07, 6.45) is -3.64. The van der Waals surface area contributed by atoms with Gasteiger partial charge in [0.2, 0.25) is 0 Å². The van der Waals surface area contributed by atoms with Crippen molar-refractivity contribution in [1.82, 2.24) is 5.32 Å². The number of benzene rings is 1. The lowest BCUT2D eigenvalue weighted by molar-refractivity contribution is -0.137. The molecule has 1 aromatic carbocycles. The topological polar surface area (TPSA) is 58.3 Å². The van der Waals surface area contributed by atoms with E-state index in [1.54, 1.807) is 6.07 Å². The highest BCUT2D eigenvalue weighted by atomic mass is 35.5. The molecule has 0 amide bonds. The van der Waals surface area contributed by atoms with E-state index in [0.717, 1.165) is 12.6 Å². The van der Waals surface area contributed by atoms with Crippen molar-refractivity contribution in [2.24, 2.45) is 5.73 Å². The molecule has 1 aromatic rings. The molecule has 0 fully saturated rings. The van der Waals surface area contributed by atoms with Crippen LogP contribution in [0.4, 0.5) is 13.2 Å². The Morgan fingerprint density at radius 3 is 2.33 bits per heavy atom. The first-order valence-corrected chi connectivity index (χ1v) is 6.55. The normalized spacial score (nSPS) is 12.0. The maximum absolute atomic E-state index is 12.4. The van der Waals surface area contributed by atoms with Gasteiger partial charge in [-0.2, -0.15) is 13.2 Å². The molecule has 0 aliphatic rings. The van der Waals surface area contributed by atoms with Crippen molar-refractivity contribution >= 4 is 12.4 Å². The Balaban J connectivity index is 0. The van der Waals surface area contributed by atoms with Gasteiger partial charge in [0.05, 0.1) is 12.2 Å². The van der Waals surface area contributed by atoms with E-state index in [9.17, 15) is 13.2 Å². The molecule has 0 bridgehead atoms. The number of alkyl halides is 3. The number of nitrogens with two attached hydrogens (primary N) is 1. The van der Waals surface area contributed by atoms with Crippen molar-refractivity contribution < 1.29 is 18.3 Å². The van der Waals surface area contributed by atoms with Crippen LogP contribution in [0.2, 0.25) is 0 Å². The second-order valence-corrected chi connectivity index (χ2v) is 4.37. The zero-order chi connectivity index (χ0) is 15.6. The molecule has 0 saturated carbocycles. The number of nitrogens with one attached hydrogen (secondary N) is 1. The maximum atomic E-state index is 12.4. The summed E-state index contributed by atoms with van der Waals surface area (Å²) in [5.41, 5.74) is 4.91. The van der Waals surface area contributed by atoms with Gasteiger partial charge in [-0.3, -0.25) is 0 Å². The predicted octanol–water partition coefficient (Wildman–Crippen LogP) is 2.61. The maximum Gasteiger partial charge on any atom is 0.416 e. The third kappa shape index (κ3) is 10.5. The molecule has 1 unspecified atom stereocenters. The molecule has 7 heteroatoms. The third-order valence-electron chi connectivity index (χ3n) is 2.48. The van der Waals surface area contributed by atoms with Crippen molar-refractivity contribution in [3.05, 3.63) is 35.4 Å². The minimum absolute atomic E-state index is 0. The van der Waals surface area contributed by atoms with Crippen LogP contribution < -0.4 is 11.1 Å². The Morgan fingerprint density at radius 2 is 1.90 bits per heavy atom. The van der Waals surface area contributed by atoms with Gasteiger partial charge < -0.3 is 16.2 Å². The van der Waals surface area contributed by atoms with Crippen molar-refractivity contribution in [3.8, 4) is 0 Å². The molecule has 1 atom stereocenters. The van der Waals surface area contributed by atoms with Crippen LogP contribution in [-0.2, 0) is 12.6 Å². The van der Waals surface area contributed by atoms with E-state index >= 15 is 0 Å². The quantitative estimate of drug-likeness (QED) is 0.778. The van der Waals surface area contributed by atoms with Crippen LogP contribution in [0.5, 0.6) is 0 Å². The van der Waals surface area contributed by atoms with Gasteiger partial charge in [-0.15, -0.1) is 12.4 Å². The van der Waals surface area contributed by atoms with Gasteiger partial charge in [0, 0.05) is 12.6 Å². The van der Waals surface area contributed by atoms with Gasteiger partial charge in [0.25, 0.3) is 0 Å². The Kier molecular flexibility index (Phi) is 12.6. The fourth-order valence-corrected chi connectivity index (χ4v) is 1.65. The fraction of sp³-hybridized carbons (Fsp3) is 0.571. The largest absolute Gasteiger partial charge is 0.416 e. The number of hydrogen-bond acceptors (Lipinski definition) is 3. The fourth-order valence-electron chi connectivity index (χ4n) is 1.65. The van der Waals surface area contributed by atoms with Gasteiger partial charge in [-0.1, -0.05) is 25.1 Å². The van der Waals surface area contributed by atoms with Crippen molar-refractivity contribution in [2.45, 2.75) is 32.5 Å². The predicted molar refractivity (Wildman–Crippen MR) is 81.7 cm³/mol. The van der Waals surface area contributed by atoms with Crippen LogP contribution in [0.25, 0.3) is 0 Å². The van der Waals surface area contributed by atoms with Crippen LogP contribution >= 0.6 is 12.4 Å². The molecule has 21 heavy (non-hydrogen) atoms. The van der Waals surface area contributed by atoms with E-state index in [2.05, 4.69) is 5.32 Å². The average Bonchev–Trinajstić information content (AvgIpc) is 2.38. The molecular weight excluding hydrogens is 305 g/mol. The Morgan fingerprint density at radius 1 is 1.33 bits per heavy atom. The van der Waals surface area contributed by atoms with E-state index in [1.807, 2.05) is 13.8 Å². The highest BCUT2D eigenvalue weighted by Crippen LogP contribution is 2.29. The summed E-state index contributed by atoms with van der Waals surface area (Å²) in [7, 11) is 0. The van der Waals surface area contributed by atoms with Crippen LogP contribution in [0.1, 0.15) is 25.0 Å². The van der Waals surface area contributed by atoms with Crippen LogP contribution in [0, 0.1) is 0 Å². The molecule has 0 radical (unpaired) electrons. The lowest BCUT2D eigenvalue weighted by Crippen LogP contribution is -2.27. The average molecular weight is 329 g/mol. The van der Waals surface area contributed by atoms with E-state index in [4.69, 9.17) is 10.8 Å². The van der Waals surface area contributed by atoms with Crippen LogP contribution in [0.3, 0.4) is 0 Å². The lowest BCUT2D eigenvalue weighted by atomic mass is 10.0. The molecule has 0 aromatic heterocycles. The molecule has 1 rings (SSSR count). The molecule has 0 saturated heterocycles. The zero-order valence-electron chi connectivity index (χ0n) is 12.3. The lowest BCUT2D eigenvalue weighted by Gasteiger charge is -2.13. The number of aliphatic hydroxyl groups is 1. The molecule has 0 aliphatic heterocycles. The van der Waals surface area contributed by atoms with Gasteiger partial charge in [0.15, 0.2) is 0 Å². The van der Waals surface area contributed by atoms with Gasteiger partial charge in [-0.25, -0.2) is 0 Å². The molecular formula is C14H24ClF3N2O. The number of aliphatic hydroxyl groups excluding tert-OH is 1. The Bertz CT molecular complexity index is 373. The Labute approximate surface area is 130 Å². The number of halogens is 4. The minimum Gasteiger partial charge on any atom is -0.395 e. The summed E-state index contributed by atoms with van der Waals surface area (Å²) in [5.74, 6) is 0. The third-order valence-corrected chi connectivity index (χ3v) is 2.48. The van der Waals surface area contributed by atoms with Gasteiger partial charge >= 0.3 is 6.18 Å². The molecule has 0 aliphatic carbocycles. The van der Waals surface area contributed by atoms with E-state index in [-0.39, 0.29) is 25.1 Å². The van der Waals surface area contributed by atoms with Crippen LogP contribution in [-0.4, -0.2) is 30.8 Å². The standard InChI is InChI=1S/C12H16F3N.C2H7NO.ClH/c1-3-16-9(2)7-10-5-4-6-11(8-10)12(13,14)15;3-1-2-4;/h4-6,8-9,16H,3,7H2,1-2H3;4H,1-3H2;1H. The van der Waals surface area contributed by atoms with E-state index in [0.29, 0.717) is 18.5 Å². The smallest absolute Gasteiger partial charge is 0.395 e. The molecule has 0 heterocycles. The summed E-state index contributed by atoms with van der Waals surface area (Å²) >= 11 is 0. The monoisotopic (exact) mass is 328 g/mol. The summed E-state index contributed by atoms with van der Waals surface area (Å²) in [6.45, 7) is 5.23. The van der Waals surface area contributed by atoms with E-state index in [1.165, 1.54) is 12.1 Å². The molecule has 124 valence electrons. The summed E-state index contributed by atoms with van der Waals surface area (Å²) in [6, 6.07) is 5.68. The molecule has 4 N–H and O–H groups in total. The zero-order valence-corrected chi connectivity index (χ0v) is 13.1. The number of hydrogen-bond donors (Lipinski definition) is 3. The second-order valence-electron chi connectivity index (χ2n) is 4.37. The highest BCUT2D eigenvalue weighted by molar-refractivity contribution is 5.85. The number of rotatable bonds is 5. The number of likely N-dealkylation sites (N-methyl/N-ethyl adjacent to an activating group) is 1. The summed E-state index contributed by atoms with van der Waals surface area (Å²) < 4.78 is 37.3. The first-order chi connectivity index (χ1) is 9.35. The van der Waals surface area contributed by atoms with Gasteiger partial charge in [0.1, 0.15) is 0 Å². The molecule has 3 nitrogen and oxygen atoms in total.